The van der Waals surface area contributed by atoms with Gasteiger partial charge in [0.05, 0.1) is 6.54 Å². The van der Waals surface area contributed by atoms with Crippen molar-refractivity contribution in [2.75, 3.05) is 13.1 Å². The number of nitrogens with zero attached hydrogens (tertiary/aromatic N) is 1. The topological polar surface area (TPSA) is 62.2 Å². The number of rotatable bonds is 5. The average molecular weight is 115 g/mol. The van der Waals surface area contributed by atoms with Crippen LogP contribution in [0, 0.1) is 5.53 Å². The molecule has 0 aromatic rings. The molecule has 0 atom stereocenters. The van der Waals surface area contributed by atoms with Gasteiger partial charge in [-0.1, -0.05) is 6.42 Å². The van der Waals surface area contributed by atoms with E-state index in [0.717, 1.165) is 25.8 Å². The van der Waals surface area contributed by atoms with Crippen LogP contribution >= 0.6 is 0 Å². The molecule has 0 bridgehead atoms. The lowest BCUT2D eigenvalue weighted by molar-refractivity contribution is 0.677. The highest BCUT2D eigenvalue weighted by atomic mass is 14.9. The maximum Gasteiger partial charge on any atom is 0.0596 e. The second kappa shape index (κ2) is 6.56. The van der Waals surface area contributed by atoms with E-state index in [0.29, 0.717) is 6.54 Å². The third kappa shape index (κ3) is 5.56. The molecule has 0 saturated carbocycles. The minimum Gasteiger partial charge on any atom is -0.330 e. The fraction of sp³-hybridized carbons (Fsp3) is 1.00. The minimum atomic E-state index is 0.667. The van der Waals surface area contributed by atoms with Crippen LogP contribution in [-0.2, 0) is 0 Å². The number of nitrogens with two attached hydrogens (primary N) is 1. The van der Waals surface area contributed by atoms with E-state index < -0.39 is 0 Å². The van der Waals surface area contributed by atoms with Crippen molar-refractivity contribution in [3.8, 4) is 0 Å². The van der Waals surface area contributed by atoms with Gasteiger partial charge >= 0.3 is 0 Å². The summed E-state index contributed by atoms with van der Waals surface area (Å²) in [4.78, 5) is 0. The summed E-state index contributed by atoms with van der Waals surface area (Å²) in [5, 5.41) is 3.22. The van der Waals surface area contributed by atoms with E-state index >= 15 is 0 Å². The zero-order valence-electron chi connectivity index (χ0n) is 5.06. The van der Waals surface area contributed by atoms with Crippen molar-refractivity contribution in [3.63, 3.8) is 0 Å². The first-order valence-electron chi connectivity index (χ1n) is 2.95. The maximum atomic E-state index is 6.43. The van der Waals surface area contributed by atoms with Crippen LogP contribution in [0.3, 0.4) is 0 Å². The summed E-state index contributed by atoms with van der Waals surface area (Å²) in [7, 11) is 0. The summed E-state index contributed by atoms with van der Waals surface area (Å²) in [6.45, 7) is 1.43. The quantitative estimate of drug-likeness (QED) is 0.409. The van der Waals surface area contributed by atoms with Crippen LogP contribution in [0.5, 0.6) is 0 Å². The summed E-state index contributed by atoms with van der Waals surface area (Å²) in [6.07, 6.45) is 3.19. The molecule has 0 spiro atoms. The summed E-state index contributed by atoms with van der Waals surface area (Å²) in [6, 6.07) is 0. The lowest BCUT2D eigenvalue weighted by Crippen LogP contribution is -1.97. The fourth-order valence-electron chi connectivity index (χ4n) is 0.512. The average Bonchev–Trinajstić information content (AvgIpc) is 1.81. The van der Waals surface area contributed by atoms with E-state index in [9.17, 15) is 0 Å². The fourth-order valence-corrected chi connectivity index (χ4v) is 0.512. The highest BCUT2D eigenvalue weighted by molar-refractivity contribution is 4.42. The molecule has 8 heavy (non-hydrogen) atoms. The van der Waals surface area contributed by atoms with Crippen molar-refractivity contribution in [1.29, 1.82) is 5.53 Å². The molecule has 0 radical (unpaired) electrons. The van der Waals surface area contributed by atoms with Crippen molar-refractivity contribution in [2.24, 2.45) is 10.8 Å². The van der Waals surface area contributed by atoms with Gasteiger partial charge in [-0.15, -0.1) is 0 Å². The van der Waals surface area contributed by atoms with Gasteiger partial charge in [0, 0.05) is 0 Å². The number of unbranched alkanes of at least 4 members (excludes halogenated alkanes) is 2. The van der Waals surface area contributed by atoms with E-state index in [1.807, 2.05) is 0 Å². The van der Waals surface area contributed by atoms with Gasteiger partial charge < -0.3 is 5.73 Å². The van der Waals surface area contributed by atoms with Crippen LogP contribution in [0.2, 0.25) is 0 Å². The zero-order valence-corrected chi connectivity index (χ0v) is 5.06. The van der Waals surface area contributed by atoms with Crippen LogP contribution in [0.1, 0.15) is 19.3 Å². The monoisotopic (exact) mass is 115 g/mol. The van der Waals surface area contributed by atoms with E-state index in [4.69, 9.17) is 11.3 Å². The van der Waals surface area contributed by atoms with Gasteiger partial charge in [0.2, 0.25) is 0 Å². The van der Waals surface area contributed by atoms with Crippen molar-refractivity contribution >= 4 is 0 Å². The van der Waals surface area contributed by atoms with E-state index in [1.165, 1.54) is 0 Å². The third-order valence-corrected chi connectivity index (χ3v) is 0.974. The van der Waals surface area contributed by atoms with Crippen molar-refractivity contribution in [1.82, 2.24) is 0 Å². The summed E-state index contributed by atoms with van der Waals surface area (Å²) in [5.74, 6) is 0. The van der Waals surface area contributed by atoms with Crippen LogP contribution in [0.4, 0.5) is 0 Å². The Morgan fingerprint density at radius 2 is 2.00 bits per heavy atom. The zero-order chi connectivity index (χ0) is 6.24. The molecule has 0 fully saturated rings. The molecule has 3 nitrogen and oxygen atoms in total. The molecule has 0 aromatic carbocycles. The second-order valence-electron chi connectivity index (χ2n) is 1.73. The van der Waals surface area contributed by atoms with Crippen molar-refractivity contribution < 1.29 is 0 Å². The molecule has 0 heterocycles. The number of hydrogen-bond acceptors (Lipinski definition) is 3. The van der Waals surface area contributed by atoms with Crippen LogP contribution in [0.25, 0.3) is 0 Å². The largest absolute Gasteiger partial charge is 0.330 e. The van der Waals surface area contributed by atoms with Gasteiger partial charge in [-0.25, -0.2) is 5.53 Å². The van der Waals surface area contributed by atoms with E-state index in [1.54, 1.807) is 0 Å². The van der Waals surface area contributed by atoms with Crippen molar-refractivity contribution in [3.05, 3.63) is 0 Å². The molecule has 0 unspecified atom stereocenters. The summed E-state index contributed by atoms with van der Waals surface area (Å²) < 4.78 is 0. The Bertz CT molecular complexity index is 53.6. The smallest absolute Gasteiger partial charge is 0.0596 e. The Hall–Kier alpha value is -0.440. The van der Waals surface area contributed by atoms with Gasteiger partial charge in [0.15, 0.2) is 0 Å². The highest BCUT2D eigenvalue weighted by Gasteiger charge is 1.82. The highest BCUT2D eigenvalue weighted by Crippen LogP contribution is 1.92. The van der Waals surface area contributed by atoms with Crippen LogP contribution < -0.4 is 5.73 Å². The first-order chi connectivity index (χ1) is 3.91. The summed E-state index contributed by atoms with van der Waals surface area (Å²) >= 11 is 0. The molecule has 0 saturated heterocycles. The first-order valence-corrected chi connectivity index (χ1v) is 2.95. The molecule has 0 aliphatic rings. The SMILES string of the molecule is N=NCCCCCN. The predicted molar refractivity (Wildman–Crippen MR) is 32.9 cm³/mol. The Morgan fingerprint density at radius 1 is 1.25 bits per heavy atom. The molecular weight excluding hydrogens is 102 g/mol. The predicted octanol–water partition coefficient (Wildman–Crippen LogP) is 1.15. The van der Waals surface area contributed by atoms with Gasteiger partial charge in [-0.05, 0) is 19.4 Å². The number of nitrogens with one attached hydrogen (secondary N) is 1. The Balaban J connectivity index is 2.62. The van der Waals surface area contributed by atoms with Crippen LogP contribution in [0.15, 0.2) is 5.11 Å². The molecule has 0 rings (SSSR count). The molecule has 48 valence electrons. The van der Waals surface area contributed by atoms with Crippen LogP contribution in [-0.4, -0.2) is 13.1 Å². The Morgan fingerprint density at radius 3 is 2.50 bits per heavy atom. The molecule has 0 aliphatic heterocycles. The number of hydrogen-bond donors (Lipinski definition) is 2. The lowest BCUT2D eigenvalue weighted by atomic mass is 10.2. The normalized spacial score (nSPS) is 9.12. The Kier molecular flexibility index (Phi) is 6.20. The molecule has 0 aliphatic carbocycles. The first kappa shape index (κ1) is 7.56. The maximum absolute atomic E-state index is 6.43. The van der Waals surface area contributed by atoms with Gasteiger partial charge in [-0.3, -0.25) is 0 Å². The minimum absolute atomic E-state index is 0.667. The van der Waals surface area contributed by atoms with Gasteiger partial charge in [-0.2, -0.15) is 5.11 Å². The standard InChI is InChI=1S/C5H13N3/c6-4-2-1-3-5-8-7/h7H,1-6H2. The molecule has 3 N–H and O–H groups in total. The lowest BCUT2D eigenvalue weighted by Gasteiger charge is -1.91. The van der Waals surface area contributed by atoms with Gasteiger partial charge in [0.1, 0.15) is 0 Å². The molecule has 0 aromatic heterocycles. The van der Waals surface area contributed by atoms with E-state index in [-0.39, 0.29) is 0 Å². The van der Waals surface area contributed by atoms with Crippen molar-refractivity contribution in [2.45, 2.75) is 19.3 Å². The molecular formula is C5H13N3. The van der Waals surface area contributed by atoms with E-state index in [2.05, 4.69) is 5.11 Å². The Labute approximate surface area is 49.8 Å². The summed E-state index contributed by atoms with van der Waals surface area (Å²) in [5.41, 5.74) is 11.7. The van der Waals surface area contributed by atoms with Gasteiger partial charge in [0.25, 0.3) is 0 Å². The molecule has 0 amide bonds. The second-order valence-corrected chi connectivity index (χ2v) is 1.73. The third-order valence-electron chi connectivity index (χ3n) is 0.974. The molecule has 3 heteroatoms.